The van der Waals surface area contributed by atoms with Crippen molar-refractivity contribution < 1.29 is 0 Å². The molecule has 0 aliphatic carbocycles. The van der Waals surface area contributed by atoms with Gasteiger partial charge in [0.2, 0.25) is 0 Å². The summed E-state index contributed by atoms with van der Waals surface area (Å²) < 4.78 is 0.970. The third-order valence-electron chi connectivity index (χ3n) is 3.25. The maximum absolute atomic E-state index is 6.10. The fourth-order valence-corrected chi connectivity index (χ4v) is 2.86. The number of nitrogens with zero attached hydrogens (tertiary/aromatic N) is 1. The maximum Gasteiger partial charge on any atom is 0.0551 e. The van der Waals surface area contributed by atoms with Crippen molar-refractivity contribution >= 4 is 27.5 Å². The van der Waals surface area contributed by atoms with Crippen LogP contribution in [0.25, 0.3) is 0 Å². The first-order valence-electron chi connectivity index (χ1n) is 6.00. The van der Waals surface area contributed by atoms with Gasteiger partial charge in [0.25, 0.3) is 0 Å². The zero-order chi connectivity index (χ0) is 12.3. The second kappa shape index (κ2) is 6.19. The Hall–Kier alpha value is -0.0900. The van der Waals surface area contributed by atoms with E-state index in [2.05, 4.69) is 38.3 Å². The van der Waals surface area contributed by atoms with Gasteiger partial charge in [-0.2, -0.15) is 0 Å². The average molecular weight is 318 g/mol. The molecule has 17 heavy (non-hydrogen) atoms. The van der Waals surface area contributed by atoms with Crippen LogP contribution < -0.4 is 5.32 Å². The van der Waals surface area contributed by atoms with Gasteiger partial charge in [0, 0.05) is 17.6 Å². The molecule has 1 aromatic rings. The minimum atomic E-state index is 0.797. The molecule has 1 heterocycles. The van der Waals surface area contributed by atoms with Crippen LogP contribution in [-0.4, -0.2) is 31.6 Å². The maximum atomic E-state index is 6.10. The van der Waals surface area contributed by atoms with E-state index in [0.29, 0.717) is 0 Å². The van der Waals surface area contributed by atoms with Crippen molar-refractivity contribution in [2.24, 2.45) is 5.92 Å². The van der Waals surface area contributed by atoms with Crippen LogP contribution in [0.1, 0.15) is 12.0 Å². The third kappa shape index (κ3) is 3.68. The number of benzene rings is 1. The molecule has 1 aromatic carbocycles. The standard InChI is InChI=1S/C13H18BrClN2/c1-16-7-11-4-5-17(9-11)8-10-2-3-12(14)13(15)6-10/h2-3,6,11,16H,4-5,7-9H2,1H3. The zero-order valence-corrected chi connectivity index (χ0v) is 12.4. The summed E-state index contributed by atoms with van der Waals surface area (Å²) in [6, 6.07) is 6.22. The first-order chi connectivity index (χ1) is 8.19. The summed E-state index contributed by atoms with van der Waals surface area (Å²) in [6.07, 6.45) is 1.30. The molecule has 0 saturated carbocycles. The molecule has 0 aromatic heterocycles. The van der Waals surface area contributed by atoms with Crippen molar-refractivity contribution in [3.8, 4) is 0 Å². The fourth-order valence-electron chi connectivity index (χ4n) is 2.41. The molecule has 1 aliphatic heterocycles. The van der Waals surface area contributed by atoms with Gasteiger partial charge in [-0.1, -0.05) is 17.7 Å². The van der Waals surface area contributed by atoms with Crippen molar-refractivity contribution in [1.29, 1.82) is 0 Å². The number of rotatable bonds is 4. The molecule has 4 heteroatoms. The van der Waals surface area contributed by atoms with Crippen molar-refractivity contribution in [2.75, 3.05) is 26.7 Å². The number of halogens is 2. The Morgan fingerprint density at radius 3 is 3.06 bits per heavy atom. The van der Waals surface area contributed by atoms with Crippen molar-refractivity contribution in [2.45, 2.75) is 13.0 Å². The summed E-state index contributed by atoms with van der Waals surface area (Å²) in [6.45, 7) is 4.51. The van der Waals surface area contributed by atoms with Gasteiger partial charge in [0.05, 0.1) is 5.02 Å². The largest absolute Gasteiger partial charge is 0.319 e. The Morgan fingerprint density at radius 2 is 2.35 bits per heavy atom. The van der Waals surface area contributed by atoms with Gasteiger partial charge in [-0.25, -0.2) is 0 Å². The topological polar surface area (TPSA) is 15.3 Å². The van der Waals surface area contributed by atoms with Gasteiger partial charge in [-0.05, 0) is 66.1 Å². The molecule has 94 valence electrons. The van der Waals surface area contributed by atoms with Crippen LogP contribution >= 0.6 is 27.5 Å². The highest BCUT2D eigenvalue weighted by atomic mass is 79.9. The summed E-state index contributed by atoms with van der Waals surface area (Å²) in [4.78, 5) is 2.50. The highest BCUT2D eigenvalue weighted by molar-refractivity contribution is 9.10. The van der Waals surface area contributed by atoms with Crippen molar-refractivity contribution in [3.05, 3.63) is 33.3 Å². The van der Waals surface area contributed by atoms with Crippen LogP contribution in [0.3, 0.4) is 0 Å². The van der Waals surface area contributed by atoms with Gasteiger partial charge in [-0.15, -0.1) is 0 Å². The SMILES string of the molecule is CNCC1CCN(Cc2ccc(Br)c(Cl)c2)C1. The second-order valence-corrected chi connectivity index (χ2v) is 5.96. The van der Waals surface area contributed by atoms with Gasteiger partial charge in [-0.3, -0.25) is 4.90 Å². The normalized spacial score (nSPS) is 21.0. The monoisotopic (exact) mass is 316 g/mol. The lowest BCUT2D eigenvalue weighted by Crippen LogP contribution is -2.24. The molecule has 1 unspecified atom stereocenters. The predicted molar refractivity (Wildman–Crippen MR) is 76.5 cm³/mol. The number of nitrogens with one attached hydrogen (secondary N) is 1. The molecule has 0 amide bonds. The summed E-state index contributed by atoms with van der Waals surface area (Å²) in [5, 5.41) is 4.06. The van der Waals surface area contributed by atoms with Gasteiger partial charge in [0.15, 0.2) is 0 Å². The van der Waals surface area contributed by atoms with Crippen LogP contribution in [0.2, 0.25) is 5.02 Å². The minimum absolute atomic E-state index is 0.797. The van der Waals surface area contributed by atoms with Crippen molar-refractivity contribution in [1.82, 2.24) is 10.2 Å². The Morgan fingerprint density at radius 1 is 1.53 bits per heavy atom. The molecule has 0 radical (unpaired) electrons. The zero-order valence-electron chi connectivity index (χ0n) is 10.0. The lowest BCUT2D eigenvalue weighted by molar-refractivity contribution is 0.315. The van der Waals surface area contributed by atoms with Crippen molar-refractivity contribution in [3.63, 3.8) is 0 Å². The smallest absolute Gasteiger partial charge is 0.0551 e. The first kappa shape index (κ1) is 13.3. The highest BCUT2D eigenvalue weighted by Crippen LogP contribution is 2.25. The average Bonchev–Trinajstić information content (AvgIpc) is 2.72. The Bertz CT molecular complexity index is 384. The van der Waals surface area contributed by atoms with E-state index in [1.165, 1.54) is 25.1 Å². The predicted octanol–water partition coefficient (Wildman–Crippen LogP) is 3.14. The van der Waals surface area contributed by atoms with Crippen LogP contribution in [-0.2, 0) is 6.54 Å². The molecule has 2 rings (SSSR count). The fraction of sp³-hybridized carbons (Fsp3) is 0.538. The molecular weight excluding hydrogens is 300 g/mol. The Labute approximate surface area is 116 Å². The van der Waals surface area contributed by atoms with E-state index in [1.807, 2.05) is 13.1 Å². The summed E-state index contributed by atoms with van der Waals surface area (Å²) in [5.74, 6) is 0.797. The molecule has 1 atom stereocenters. The first-order valence-corrected chi connectivity index (χ1v) is 7.17. The second-order valence-electron chi connectivity index (χ2n) is 4.70. The lowest BCUT2D eigenvalue weighted by Gasteiger charge is -2.16. The van der Waals surface area contributed by atoms with E-state index >= 15 is 0 Å². The molecule has 0 spiro atoms. The molecule has 1 aliphatic rings. The lowest BCUT2D eigenvalue weighted by atomic mass is 10.1. The van der Waals surface area contributed by atoms with E-state index in [9.17, 15) is 0 Å². The Kier molecular flexibility index (Phi) is 4.86. The number of likely N-dealkylation sites (tertiary alicyclic amines) is 1. The molecular formula is C13H18BrClN2. The summed E-state index contributed by atoms with van der Waals surface area (Å²) in [7, 11) is 2.02. The van der Waals surface area contributed by atoms with Gasteiger partial charge in [0.1, 0.15) is 0 Å². The third-order valence-corrected chi connectivity index (χ3v) is 4.49. The molecule has 1 saturated heterocycles. The van der Waals surface area contributed by atoms with E-state index in [1.54, 1.807) is 0 Å². The summed E-state index contributed by atoms with van der Waals surface area (Å²) in [5.41, 5.74) is 1.29. The number of hydrogen-bond acceptors (Lipinski definition) is 2. The van der Waals surface area contributed by atoms with E-state index < -0.39 is 0 Å². The minimum Gasteiger partial charge on any atom is -0.319 e. The van der Waals surface area contributed by atoms with E-state index in [4.69, 9.17) is 11.6 Å². The molecule has 0 bridgehead atoms. The van der Waals surface area contributed by atoms with Gasteiger partial charge < -0.3 is 5.32 Å². The number of hydrogen-bond donors (Lipinski definition) is 1. The van der Waals surface area contributed by atoms with Crippen LogP contribution in [0.4, 0.5) is 0 Å². The quantitative estimate of drug-likeness (QED) is 0.918. The van der Waals surface area contributed by atoms with Crippen LogP contribution in [0, 0.1) is 5.92 Å². The highest BCUT2D eigenvalue weighted by Gasteiger charge is 2.21. The molecule has 1 N–H and O–H groups in total. The van der Waals surface area contributed by atoms with Crippen LogP contribution in [0.15, 0.2) is 22.7 Å². The van der Waals surface area contributed by atoms with E-state index in [0.717, 1.165) is 28.5 Å². The van der Waals surface area contributed by atoms with E-state index in [-0.39, 0.29) is 0 Å². The molecule has 1 fully saturated rings. The Balaban J connectivity index is 1.91. The van der Waals surface area contributed by atoms with Gasteiger partial charge >= 0.3 is 0 Å². The molecule has 2 nitrogen and oxygen atoms in total. The summed E-state index contributed by atoms with van der Waals surface area (Å²) >= 11 is 9.52. The van der Waals surface area contributed by atoms with Crippen LogP contribution in [0.5, 0.6) is 0 Å².